The largest absolute Gasteiger partial charge is 0.481 e. The number of rotatable bonds is 5. The molecule has 1 unspecified atom stereocenters. The molecule has 0 aromatic heterocycles. The summed E-state index contributed by atoms with van der Waals surface area (Å²) in [6, 6.07) is 4.66. The Morgan fingerprint density at radius 2 is 2.04 bits per heavy atom. The van der Waals surface area contributed by atoms with Crippen molar-refractivity contribution in [1.82, 2.24) is 4.31 Å². The Kier molecular flexibility index (Phi) is 4.76. The van der Waals surface area contributed by atoms with E-state index in [9.17, 15) is 18.0 Å². The van der Waals surface area contributed by atoms with Crippen LogP contribution in [0.3, 0.4) is 0 Å². The summed E-state index contributed by atoms with van der Waals surface area (Å²) in [6.45, 7) is 3.30. The van der Waals surface area contributed by atoms with Crippen LogP contribution in [0, 0.1) is 0 Å². The molecule has 7 nitrogen and oxygen atoms in total. The Bertz CT molecular complexity index is 744. The van der Waals surface area contributed by atoms with Crippen LogP contribution in [0.4, 0.5) is 5.69 Å². The van der Waals surface area contributed by atoms with Crippen molar-refractivity contribution < 1.29 is 23.1 Å². The smallest absolute Gasteiger partial charge is 0.304 e. The summed E-state index contributed by atoms with van der Waals surface area (Å²) in [5, 5.41) is 8.68. The molecule has 1 aromatic carbocycles. The van der Waals surface area contributed by atoms with Crippen molar-refractivity contribution in [2.75, 3.05) is 18.5 Å². The molecule has 0 radical (unpaired) electrons. The quantitative estimate of drug-likeness (QED) is 0.865. The van der Waals surface area contributed by atoms with E-state index >= 15 is 0 Å². The number of benzene rings is 1. The molecule has 126 valence electrons. The van der Waals surface area contributed by atoms with Gasteiger partial charge in [0.1, 0.15) is 0 Å². The molecule has 1 aliphatic heterocycles. The average molecular weight is 340 g/mol. The Morgan fingerprint density at radius 1 is 1.39 bits per heavy atom. The third-order valence-corrected chi connectivity index (χ3v) is 5.81. The molecule has 1 N–H and O–H groups in total. The van der Waals surface area contributed by atoms with Gasteiger partial charge in [0.2, 0.25) is 15.9 Å². The second-order valence-corrected chi connectivity index (χ2v) is 7.75. The molecule has 2 rings (SSSR count). The first-order valence-corrected chi connectivity index (χ1v) is 8.69. The first-order chi connectivity index (χ1) is 10.6. The summed E-state index contributed by atoms with van der Waals surface area (Å²) in [4.78, 5) is 24.1. The van der Waals surface area contributed by atoms with Crippen molar-refractivity contribution in [3.63, 3.8) is 0 Å². The van der Waals surface area contributed by atoms with Crippen molar-refractivity contribution >= 4 is 27.6 Å². The van der Waals surface area contributed by atoms with Crippen LogP contribution in [0.25, 0.3) is 0 Å². The molecule has 1 amide bonds. The van der Waals surface area contributed by atoms with Crippen LogP contribution in [-0.4, -0.2) is 49.3 Å². The van der Waals surface area contributed by atoms with E-state index in [2.05, 4.69) is 0 Å². The Labute approximate surface area is 135 Å². The summed E-state index contributed by atoms with van der Waals surface area (Å²) in [7, 11) is -2.39. The lowest BCUT2D eigenvalue weighted by Gasteiger charge is -2.21. The highest BCUT2D eigenvalue weighted by Gasteiger charge is 2.31. The summed E-state index contributed by atoms with van der Waals surface area (Å²) >= 11 is 0. The van der Waals surface area contributed by atoms with Gasteiger partial charge in [-0.3, -0.25) is 9.59 Å². The van der Waals surface area contributed by atoms with Crippen LogP contribution in [0.5, 0.6) is 0 Å². The number of amides is 1. The van der Waals surface area contributed by atoms with E-state index in [1.807, 2.05) is 6.92 Å². The highest BCUT2D eigenvalue weighted by Crippen LogP contribution is 2.34. The van der Waals surface area contributed by atoms with E-state index in [0.29, 0.717) is 6.42 Å². The fraction of sp³-hybridized carbons (Fsp3) is 0.467. The Morgan fingerprint density at radius 3 is 2.61 bits per heavy atom. The van der Waals surface area contributed by atoms with E-state index < -0.39 is 16.0 Å². The normalized spacial score (nSPS) is 17.4. The summed E-state index contributed by atoms with van der Waals surface area (Å²) in [6.07, 6.45) is 0.340. The van der Waals surface area contributed by atoms with Gasteiger partial charge in [0.15, 0.2) is 0 Å². The fourth-order valence-electron chi connectivity index (χ4n) is 2.80. The summed E-state index contributed by atoms with van der Waals surface area (Å²) < 4.78 is 26.0. The van der Waals surface area contributed by atoms with Crippen molar-refractivity contribution in [2.24, 2.45) is 0 Å². The SMILES string of the molecule is CC(=O)N1c2ccc(S(=O)(=O)N(C)CCC(=O)O)cc2CC1C. The zero-order valence-electron chi connectivity index (χ0n) is 13.3. The van der Waals surface area contributed by atoms with Gasteiger partial charge in [-0.25, -0.2) is 12.7 Å². The highest BCUT2D eigenvalue weighted by atomic mass is 32.2. The topological polar surface area (TPSA) is 95.0 Å². The predicted octanol–water partition coefficient (Wildman–Crippen LogP) is 1.08. The molecule has 0 saturated heterocycles. The van der Waals surface area contributed by atoms with Crippen molar-refractivity contribution in [3.8, 4) is 0 Å². The molecule has 8 heteroatoms. The van der Waals surface area contributed by atoms with Crippen LogP contribution in [0.2, 0.25) is 0 Å². The van der Waals surface area contributed by atoms with E-state index in [1.165, 1.54) is 20.0 Å². The molecule has 1 aliphatic rings. The minimum Gasteiger partial charge on any atom is -0.481 e. The van der Waals surface area contributed by atoms with Gasteiger partial charge in [-0.2, -0.15) is 0 Å². The number of fused-ring (bicyclic) bond motifs is 1. The zero-order valence-corrected chi connectivity index (χ0v) is 14.1. The van der Waals surface area contributed by atoms with Crippen molar-refractivity contribution in [3.05, 3.63) is 23.8 Å². The van der Waals surface area contributed by atoms with E-state index in [4.69, 9.17) is 5.11 Å². The number of hydrogen-bond acceptors (Lipinski definition) is 4. The van der Waals surface area contributed by atoms with Crippen LogP contribution in [0.15, 0.2) is 23.1 Å². The van der Waals surface area contributed by atoms with Gasteiger partial charge in [0.25, 0.3) is 0 Å². The summed E-state index contributed by atoms with van der Waals surface area (Å²) in [5.41, 5.74) is 1.54. The number of anilines is 1. The van der Waals surface area contributed by atoms with Crippen LogP contribution >= 0.6 is 0 Å². The monoisotopic (exact) mass is 340 g/mol. The van der Waals surface area contributed by atoms with Crippen LogP contribution in [-0.2, 0) is 26.0 Å². The Hall–Kier alpha value is -1.93. The van der Waals surface area contributed by atoms with Gasteiger partial charge in [-0.15, -0.1) is 0 Å². The number of sulfonamides is 1. The number of hydrogen-bond donors (Lipinski definition) is 1. The molecule has 0 aliphatic carbocycles. The molecule has 0 spiro atoms. The van der Waals surface area contributed by atoms with E-state index in [-0.39, 0.29) is 29.8 Å². The maximum atomic E-state index is 12.5. The minimum atomic E-state index is -3.74. The number of carboxylic acids is 1. The van der Waals surface area contributed by atoms with E-state index in [1.54, 1.807) is 17.0 Å². The number of carbonyl (C=O) groups is 2. The predicted molar refractivity (Wildman–Crippen MR) is 84.8 cm³/mol. The molecule has 0 saturated carbocycles. The van der Waals surface area contributed by atoms with Crippen LogP contribution in [0.1, 0.15) is 25.8 Å². The van der Waals surface area contributed by atoms with Crippen molar-refractivity contribution in [2.45, 2.75) is 37.6 Å². The van der Waals surface area contributed by atoms with Gasteiger partial charge in [-0.05, 0) is 37.1 Å². The summed E-state index contributed by atoms with van der Waals surface area (Å²) in [5.74, 6) is -1.13. The highest BCUT2D eigenvalue weighted by molar-refractivity contribution is 7.89. The maximum absolute atomic E-state index is 12.5. The molecule has 1 heterocycles. The lowest BCUT2D eigenvalue weighted by Crippen LogP contribution is -2.33. The van der Waals surface area contributed by atoms with Crippen LogP contribution < -0.4 is 4.90 Å². The van der Waals surface area contributed by atoms with Gasteiger partial charge in [-0.1, -0.05) is 0 Å². The second kappa shape index (κ2) is 6.29. The van der Waals surface area contributed by atoms with Gasteiger partial charge in [0, 0.05) is 32.2 Å². The third kappa shape index (κ3) is 3.37. The lowest BCUT2D eigenvalue weighted by molar-refractivity contribution is -0.137. The number of carboxylic acid groups (broad SMARTS) is 1. The molecule has 23 heavy (non-hydrogen) atoms. The number of nitrogens with zero attached hydrogens (tertiary/aromatic N) is 2. The first kappa shape index (κ1) is 17.4. The molecule has 1 atom stereocenters. The average Bonchev–Trinajstić information content (AvgIpc) is 2.79. The third-order valence-electron chi connectivity index (χ3n) is 3.95. The van der Waals surface area contributed by atoms with E-state index in [0.717, 1.165) is 15.6 Å². The van der Waals surface area contributed by atoms with Gasteiger partial charge < -0.3 is 10.0 Å². The molecular formula is C15H20N2O5S. The number of carbonyl (C=O) groups excluding carboxylic acids is 1. The molecule has 0 fully saturated rings. The van der Waals surface area contributed by atoms with Gasteiger partial charge in [0.05, 0.1) is 11.3 Å². The molecular weight excluding hydrogens is 320 g/mol. The second-order valence-electron chi connectivity index (χ2n) is 5.70. The maximum Gasteiger partial charge on any atom is 0.304 e. The fourth-order valence-corrected chi connectivity index (χ4v) is 4.02. The number of aliphatic carboxylic acids is 1. The minimum absolute atomic E-state index is 0.00908. The Balaban J connectivity index is 2.31. The molecule has 1 aromatic rings. The standard InChI is InChI=1S/C15H20N2O5S/c1-10-8-12-9-13(4-5-14(12)17(10)11(2)18)23(21,22)16(3)7-6-15(19)20/h4-5,9-10H,6-8H2,1-3H3,(H,19,20). The van der Waals surface area contributed by atoms with Crippen molar-refractivity contribution in [1.29, 1.82) is 0 Å². The first-order valence-electron chi connectivity index (χ1n) is 7.25. The molecule has 0 bridgehead atoms. The zero-order chi connectivity index (χ0) is 17.4. The lowest BCUT2D eigenvalue weighted by atomic mass is 10.1. The van der Waals surface area contributed by atoms with Gasteiger partial charge >= 0.3 is 5.97 Å².